The summed E-state index contributed by atoms with van der Waals surface area (Å²) in [6.07, 6.45) is 0.976. The molecule has 3 aliphatic rings. The molecule has 8 heteroatoms. The minimum Gasteiger partial charge on any atom is -0.462 e. The summed E-state index contributed by atoms with van der Waals surface area (Å²) in [5, 5.41) is 0. The van der Waals surface area contributed by atoms with Gasteiger partial charge in [-0.15, -0.1) is 0 Å². The second-order valence-corrected chi connectivity index (χ2v) is 8.86. The Bertz CT molecular complexity index is 970. The number of ether oxygens (including phenoxy) is 3. The molecule has 0 saturated carbocycles. The first-order chi connectivity index (χ1) is 16.3. The number of aliphatic imine (C=N–C) groups is 1. The fourth-order valence-corrected chi connectivity index (χ4v) is 4.68. The van der Waals surface area contributed by atoms with E-state index < -0.39 is 0 Å². The fourth-order valence-electron chi connectivity index (χ4n) is 4.68. The van der Waals surface area contributed by atoms with Crippen LogP contribution in [-0.2, 0) is 16.0 Å². The van der Waals surface area contributed by atoms with E-state index in [1.54, 1.807) is 0 Å². The molecule has 2 aromatic rings. The maximum Gasteiger partial charge on any atom is 0.318 e. The minimum atomic E-state index is 0.433. The molecular formula is C25H33N5O3. The number of hydrogen-bond donors (Lipinski definition) is 0. The Labute approximate surface area is 195 Å². The highest BCUT2D eigenvalue weighted by molar-refractivity contribution is 6.05. The predicted octanol–water partition coefficient (Wildman–Crippen LogP) is 2.52. The van der Waals surface area contributed by atoms with E-state index in [2.05, 4.69) is 47.1 Å². The monoisotopic (exact) mass is 451 g/mol. The van der Waals surface area contributed by atoms with Crippen LogP contribution in [0.15, 0.2) is 35.3 Å². The van der Waals surface area contributed by atoms with Crippen LogP contribution in [0.5, 0.6) is 6.01 Å². The van der Waals surface area contributed by atoms with Crippen molar-refractivity contribution in [3.8, 4) is 6.01 Å². The fraction of sp³-hybridized carbons (Fsp3) is 0.560. The van der Waals surface area contributed by atoms with Gasteiger partial charge in [0.25, 0.3) is 0 Å². The second-order valence-electron chi connectivity index (χ2n) is 8.86. The zero-order valence-electron chi connectivity index (χ0n) is 19.4. The summed E-state index contributed by atoms with van der Waals surface area (Å²) in [5.41, 5.74) is 4.71. The Kier molecular flexibility index (Phi) is 7.14. The largest absolute Gasteiger partial charge is 0.462 e. The van der Waals surface area contributed by atoms with Gasteiger partial charge in [-0.3, -0.25) is 9.89 Å². The molecule has 2 aliphatic heterocycles. The molecule has 5 rings (SSSR count). The minimum absolute atomic E-state index is 0.433. The third-order valence-electron chi connectivity index (χ3n) is 6.56. The molecule has 0 spiro atoms. The first kappa shape index (κ1) is 22.3. The van der Waals surface area contributed by atoms with Crippen LogP contribution in [0.3, 0.4) is 0 Å². The van der Waals surface area contributed by atoms with E-state index in [1.165, 1.54) is 16.8 Å². The van der Waals surface area contributed by atoms with Gasteiger partial charge in [0.05, 0.1) is 38.7 Å². The number of benzene rings is 1. The van der Waals surface area contributed by atoms with Crippen LogP contribution in [-0.4, -0.2) is 86.3 Å². The summed E-state index contributed by atoms with van der Waals surface area (Å²) in [4.78, 5) is 19.0. The first-order valence-corrected chi connectivity index (χ1v) is 12.0. The van der Waals surface area contributed by atoms with Gasteiger partial charge in [0.1, 0.15) is 12.4 Å². The van der Waals surface area contributed by atoms with Gasteiger partial charge < -0.3 is 19.1 Å². The molecular weight excluding hydrogens is 418 g/mol. The maximum absolute atomic E-state index is 6.01. The van der Waals surface area contributed by atoms with E-state index >= 15 is 0 Å². The number of hydrogen-bond acceptors (Lipinski definition) is 8. The molecule has 0 bridgehead atoms. The topological polar surface area (TPSA) is 72.3 Å². The van der Waals surface area contributed by atoms with Crippen molar-refractivity contribution in [1.82, 2.24) is 14.9 Å². The molecule has 176 valence electrons. The quantitative estimate of drug-likeness (QED) is 0.641. The van der Waals surface area contributed by atoms with Gasteiger partial charge >= 0.3 is 6.01 Å². The van der Waals surface area contributed by atoms with E-state index in [0.29, 0.717) is 38.3 Å². The average molecular weight is 452 g/mol. The summed E-state index contributed by atoms with van der Waals surface area (Å²) in [5.74, 6) is 1.40. The Morgan fingerprint density at radius 2 is 1.79 bits per heavy atom. The van der Waals surface area contributed by atoms with E-state index in [0.717, 1.165) is 63.9 Å². The SMILES string of the molecule is CC1CC(=NCc2cc(N3CCOCC3)nc(OCCN3CCOCC3)n2)c2ccccc21. The molecule has 2 fully saturated rings. The third kappa shape index (κ3) is 5.51. The van der Waals surface area contributed by atoms with Gasteiger partial charge in [-0.1, -0.05) is 31.2 Å². The second kappa shape index (κ2) is 10.6. The summed E-state index contributed by atoms with van der Waals surface area (Å²) in [6, 6.07) is 11.1. The Morgan fingerprint density at radius 1 is 1.03 bits per heavy atom. The predicted molar refractivity (Wildman–Crippen MR) is 128 cm³/mol. The zero-order chi connectivity index (χ0) is 22.5. The van der Waals surface area contributed by atoms with Gasteiger partial charge in [-0.25, -0.2) is 0 Å². The van der Waals surface area contributed by atoms with Gasteiger partial charge in [-0.2, -0.15) is 9.97 Å². The average Bonchev–Trinajstić information content (AvgIpc) is 3.19. The van der Waals surface area contributed by atoms with E-state index in [4.69, 9.17) is 29.2 Å². The highest BCUT2D eigenvalue weighted by Crippen LogP contribution is 2.33. The van der Waals surface area contributed by atoms with E-state index in [-0.39, 0.29) is 0 Å². The van der Waals surface area contributed by atoms with Crippen molar-refractivity contribution in [3.05, 3.63) is 47.2 Å². The van der Waals surface area contributed by atoms with Gasteiger partial charge in [-0.05, 0) is 23.5 Å². The number of aromatic nitrogens is 2. The van der Waals surface area contributed by atoms with Gasteiger partial charge in [0.2, 0.25) is 0 Å². The van der Waals surface area contributed by atoms with Crippen molar-refractivity contribution in [2.45, 2.75) is 25.8 Å². The van der Waals surface area contributed by atoms with Crippen molar-refractivity contribution in [2.24, 2.45) is 4.99 Å². The van der Waals surface area contributed by atoms with Gasteiger partial charge in [0, 0.05) is 44.5 Å². The van der Waals surface area contributed by atoms with Crippen LogP contribution < -0.4 is 9.64 Å². The number of nitrogens with zero attached hydrogens (tertiary/aromatic N) is 5. The number of rotatable bonds is 7. The van der Waals surface area contributed by atoms with Crippen molar-refractivity contribution in [3.63, 3.8) is 0 Å². The number of fused-ring (bicyclic) bond motifs is 1. The molecule has 1 unspecified atom stereocenters. The van der Waals surface area contributed by atoms with Crippen molar-refractivity contribution in [1.29, 1.82) is 0 Å². The maximum atomic E-state index is 6.01. The van der Waals surface area contributed by atoms with E-state index in [9.17, 15) is 0 Å². The molecule has 2 saturated heterocycles. The van der Waals surface area contributed by atoms with Crippen LogP contribution in [0.2, 0.25) is 0 Å². The lowest BCUT2D eigenvalue weighted by Gasteiger charge is -2.28. The van der Waals surface area contributed by atoms with Gasteiger partial charge in [0.15, 0.2) is 0 Å². The Morgan fingerprint density at radius 3 is 2.61 bits per heavy atom. The summed E-state index contributed by atoms with van der Waals surface area (Å²) in [6.45, 7) is 10.7. The lowest BCUT2D eigenvalue weighted by atomic mass is 10.0. The first-order valence-electron chi connectivity index (χ1n) is 12.0. The van der Waals surface area contributed by atoms with Crippen molar-refractivity contribution < 1.29 is 14.2 Å². The van der Waals surface area contributed by atoms with Crippen LogP contribution >= 0.6 is 0 Å². The number of morpholine rings is 2. The molecule has 0 amide bonds. The normalized spacial score (nSPS) is 22.5. The molecule has 1 aliphatic carbocycles. The lowest BCUT2D eigenvalue weighted by Crippen LogP contribution is -2.39. The molecule has 0 N–H and O–H groups in total. The molecule has 1 aromatic carbocycles. The van der Waals surface area contributed by atoms with E-state index in [1.807, 2.05) is 0 Å². The van der Waals surface area contributed by atoms with Crippen LogP contribution in [0.25, 0.3) is 0 Å². The Hall–Kier alpha value is -2.55. The molecule has 3 heterocycles. The third-order valence-corrected chi connectivity index (χ3v) is 6.56. The van der Waals surface area contributed by atoms with Crippen molar-refractivity contribution >= 4 is 11.5 Å². The molecule has 1 aromatic heterocycles. The van der Waals surface area contributed by atoms with Crippen molar-refractivity contribution in [2.75, 3.05) is 70.7 Å². The summed E-state index contributed by atoms with van der Waals surface area (Å²) >= 11 is 0. The number of anilines is 1. The van der Waals surface area contributed by atoms with Crippen LogP contribution in [0.4, 0.5) is 5.82 Å². The summed E-state index contributed by atoms with van der Waals surface area (Å²) in [7, 11) is 0. The van der Waals surface area contributed by atoms with Crippen LogP contribution in [0.1, 0.15) is 36.1 Å². The van der Waals surface area contributed by atoms with Crippen LogP contribution in [0, 0.1) is 0 Å². The molecule has 0 radical (unpaired) electrons. The molecule has 33 heavy (non-hydrogen) atoms. The zero-order valence-corrected chi connectivity index (χ0v) is 19.4. The lowest BCUT2D eigenvalue weighted by molar-refractivity contribution is 0.0317. The standard InChI is InChI=1S/C25H33N5O3/c1-19-16-23(22-5-3-2-4-21(19)22)26-18-20-17-24(30-9-13-32-14-10-30)28-25(27-20)33-15-8-29-6-11-31-12-7-29/h2-5,17,19H,6-16,18H2,1H3. The summed E-state index contributed by atoms with van der Waals surface area (Å²) < 4.78 is 17.0. The Balaban J connectivity index is 1.31. The highest BCUT2D eigenvalue weighted by atomic mass is 16.5. The molecule has 1 atom stereocenters. The molecule has 8 nitrogen and oxygen atoms in total. The highest BCUT2D eigenvalue weighted by Gasteiger charge is 2.24. The smallest absolute Gasteiger partial charge is 0.318 e.